The second-order valence-electron chi connectivity index (χ2n) is 14.2. The van der Waals surface area contributed by atoms with Crippen molar-refractivity contribution in [2.45, 2.75) is 96.5 Å². The highest BCUT2D eigenvalue weighted by Crippen LogP contribution is 2.72. The second kappa shape index (κ2) is 11.1. The van der Waals surface area contributed by atoms with E-state index in [9.17, 15) is 34.2 Å². The summed E-state index contributed by atoms with van der Waals surface area (Å²) >= 11 is 0. The molecule has 5 rings (SSSR count). The van der Waals surface area contributed by atoms with Crippen molar-refractivity contribution in [3.8, 4) is 0 Å². The van der Waals surface area contributed by atoms with Gasteiger partial charge in [-0.2, -0.15) is 0 Å². The summed E-state index contributed by atoms with van der Waals surface area (Å²) in [5.74, 6) is -7.93. The Labute approximate surface area is 261 Å². The van der Waals surface area contributed by atoms with E-state index in [-0.39, 0.29) is 37.0 Å². The van der Waals surface area contributed by atoms with Crippen LogP contribution in [0.3, 0.4) is 0 Å². The van der Waals surface area contributed by atoms with Crippen molar-refractivity contribution in [2.75, 3.05) is 13.7 Å². The number of nitrogens with two attached hydrogens (primary N) is 2. The van der Waals surface area contributed by atoms with Crippen LogP contribution in [0.25, 0.3) is 0 Å². The molecule has 2 saturated heterocycles. The van der Waals surface area contributed by atoms with E-state index in [1.165, 1.54) is 0 Å². The SMILES string of the molecule is COC(=O)[C@@]12OC[C@]34[C@H]([C@@H](O)[C@@H]1O)[C@@]1(C)CC(=O)C(OC(=O)C(N)C(C)C)=C(C)[C@@H]1C[C@H]3OC(=O)[C@H](OC(=O)C(N)C(C)C)[C@@H]24. The molecule has 14 nitrogen and oxygen atoms in total. The first-order valence-corrected chi connectivity index (χ1v) is 15.4. The van der Waals surface area contributed by atoms with Gasteiger partial charge in [0.05, 0.1) is 25.7 Å². The maximum atomic E-state index is 13.7. The Kier molecular flexibility index (Phi) is 8.26. The number of Topliss-reactive ketones (excluding diaryl/α,β-unsaturated/α-hetero) is 1. The molecular formula is C31H44N2O12. The summed E-state index contributed by atoms with van der Waals surface area (Å²) in [5.41, 5.74) is 7.61. The molecule has 250 valence electrons. The molecule has 6 N–H and O–H groups in total. The molecule has 2 bridgehead atoms. The zero-order chi connectivity index (χ0) is 33.5. The van der Waals surface area contributed by atoms with Crippen molar-refractivity contribution in [3.63, 3.8) is 0 Å². The molecule has 2 unspecified atom stereocenters. The Morgan fingerprint density at radius 3 is 2.18 bits per heavy atom. The van der Waals surface area contributed by atoms with Crippen LogP contribution in [0, 0.1) is 40.4 Å². The first kappa shape index (κ1) is 33.5. The summed E-state index contributed by atoms with van der Waals surface area (Å²) in [7, 11) is 1.07. The molecule has 4 fully saturated rings. The normalized spacial score (nSPS) is 41.6. The van der Waals surface area contributed by atoms with Gasteiger partial charge in [-0.05, 0) is 42.1 Å². The summed E-state index contributed by atoms with van der Waals surface area (Å²) in [6.45, 7) is 10.0. The summed E-state index contributed by atoms with van der Waals surface area (Å²) in [4.78, 5) is 66.8. The third-order valence-corrected chi connectivity index (χ3v) is 11.2. The minimum absolute atomic E-state index is 0.0985. The number of rotatable bonds is 7. The predicted octanol–water partition coefficient (Wildman–Crippen LogP) is -0.497. The number of carbonyl (C=O) groups is 5. The summed E-state index contributed by atoms with van der Waals surface area (Å²) < 4.78 is 28.4. The predicted molar refractivity (Wildman–Crippen MR) is 152 cm³/mol. The highest BCUT2D eigenvalue weighted by molar-refractivity contribution is 5.98. The number of ketones is 1. The summed E-state index contributed by atoms with van der Waals surface area (Å²) in [5, 5.41) is 23.6. The number of fused-ring (bicyclic) bond motifs is 2. The van der Waals surface area contributed by atoms with Gasteiger partial charge in [0.15, 0.2) is 11.5 Å². The highest BCUT2D eigenvalue weighted by atomic mass is 16.6. The fourth-order valence-electron chi connectivity index (χ4n) is 8.90. The molecule has 0 amide bonds. The molecule has 45 heavy (non-hydrogen) atoms. The van der Waals surface area contributed by atoms with Crippen molar-refractivity contribution < 1.29 is 57.9 Å². The van der Waals surface area contributed by atoms with Crippen molar-refractivity contribution in [1.29, 1.82) is 0 Å². The van der Waals surface area contributed by atoms with Gasteiger partial charge in [-0.3, -0.25) is 9.59 Å². The molecule has 2 saturated carbocycles. The van der Waals surface area contributed by atoms with Gasteiger partial charge in [-0.1, -0.05) is 34.6 Å². The third-order valence-electron chi connectivity index (χ3n) is 11.2. The molecule has 14 heteroatoms. The number of carbonyl (C=O) groups excluding carboxylic acids is 5. The molecule has 2 aliphatic heterocycles. The van der Waals surface area contributed by atoms with Gasteiger partial charge >= 0.3 is 23.9 Å². The third kappa shape index (κ3) is 4.43. The molecule has 0 aromatic rings. The van der Waals surface area contributed by atoms with Gasteiger partial charge in [0, 0.05) is 17.8 Å². The van der Waals surface area contributed by atoms with Gasteiger partial charge in [-0.25, -0.2) is 14.4 Å². The quantitative estimate of drug-likeness (QED) is 0.204. The molecule has 3 aliphatic carbocycles. The maximum Gasteiger partial charge on any atom is 0.348 e. The number of aliphatic hydroxyl groups excluding tert-OH is 2. The van der Waals surface area contributed by atoms with Crippen LogP contribution in [-0.2, 0) is 47.7 Å². The number of ether oxygens (including phenoxy) is 5. The van der Waals surface area contributed by atoms with Crippen LogP contribution in [0.4, 0.5) is 0 Å². The van der Waals surface area contributed by atoms with Crippen molar-refractivity contribution >= 4 is 29.7 Å². The average Bonchev–Trinajstić information content (AvgIpc) is 3.28. The van der Waals surface area contributed by atoms with Gasteiger partial charge < -0.3 is 45.4 Å². The van der Waals surface area contributed by atoms with E-state index in [1.54, 1.807) is 41.5 Å². The Morgan fingerprint density at radius 1 is 1.00 bits per heavy atom. The Balaban J connectivity index is 1.65. The van der Waals surface area contributed by atoms with E-state index >= 15 is 0 Å². The molecule has 1 spiro atoms. The highest BCUT2D eigenvalue weighted by Gasteiger charge is 2.85. The fraction of sp³-hybridized carbons (Fsp3) is 0.774. The second-order valence-corrected chi connectivity index (χ2v) is 14.2. The Bertz CT molecular complexity index is 1350. The van der Waals surface area contributed by atoms with Crippen LogP contribution in [0.5, 0.6) is 0 Å². The van der Waals surface area contributed by atoms with Crippen LogP contribution < -0.4 is 11.5 Å². The van der Waals surface area contributed by atoms with E-state index < -0.39 is 100 Å². The molecule has 5 aliphatic rings. The molecule has 0 radical (unpaired) electrons. The molecular weight excluding hydrogens is 592 g/mol. The van der Waals surface area contributed by atoms with Crippen LogP contribution >= 0.6 is 0 Å². The van der Waals surface area contributed by atoms with E-state index in [4.69, 9.17) is 35.2 Å². The standard InChI is InChI=1S/C31H44N2O12/c1-11(2)17(32)25(37)44-20-13(5)14-8-16-30-10-42-31(28(40)41-7,24(36)19(35)22(30)29(14,6)9-15(20)34)23(30)21(27(39)43-16)45-26(38)18(33)12(3)4/h11-12,14,16-19,21-24,35-36H,8-10,32-33H2,1-7H3/t14-,16+,17?,18?,19+,21+,22+,23+,24-,29-,30+,31-/m0/s1. The van der Waals surface area contributed by atoms with Crippen molar-refractivity contribution in [2.24, 2.45) is 51.9 Å². The monoisotopic (exact) mass is 636 g/mol. The van der Waals surface area contributed by atoms with Gasteiger partial charge in [-0.15, -0.1) is 0 Å². The molecule has 0 aromatic heterocycles. The van der Waals surface area contributed by atoms with E-state index in [0.717, 1.165) is 7.11 Å². The van der Waals surface area contributed by atoms with Gasteiger partial charge in [0.1, 0.15) is 24.3 Å². The molecule has 2 heterocycles. The van der Waals surface area contributed by atoms with Crippen LogP contribution in [0.15, 0.2) is 11.3 Å². The first-order valence-electron chi connectivity index (χ1n) is 15.4. The van der Waals surface area contributed by atoms with Crippen LogP contribution in [-0.4, -0.2) is 95.7 Å². The van der Waals surface area contributed by atoms with E-state index in [1.807, 2.05) is 0 Å². The van der Waals surface area contributed by atoms with Crippen LogP contribution in [0.2, 0.25) is 0 Å². The molecule has 0 aromatic carbocycles. The van der Waals surface area contributed by atoms with E-state index in [2.05, 4.69) is 0 Å². The average molecular weight is 637 g/mol. The largest absolute Gasteiger partial charge is 0.467 e. The maximum absolute atomic E-state index is 13.7. The Morgan fingerprint density at radius 2 is 1.60 bits per heavy atom. The number of allylic oxidation sites excluding steroid dienone is 2. The summed E-state index contributed by atoms with van der Waals surface area (Å²) in [6.07, 6.45) is -6.48. The number of aliphatic hydroxyl groups is 2. The lowest BCUT2D eigenvalue weighted by molar-refractivity contribution is -0.290. The Hall–Kier alpha value is -2.91. The minimum Gasteiger partial charge on any atom is -0.467 e. The lowest BCUT2D eigenvalue weighted by atomic mass is 9.38. The number of esters is 4. The lowest BCUT2D eigenvalue weighted by Gasteiger charge is -2.67. The van der Waals surface area contributed by atoms with E-state index in [0.29, 0.717) is 5.57 Å². The van der Waals surface area contributed by atoms with Crippen LogP contribution in [0.1, 0.15) is 54.4 Å². The topological polar surface area (TPSA) is 224 Å². The smallest absolute Gasteiger partial charge is 0.348 e. The molecule has 12 atom stereocenters. The van der Waals surface area contributed by atoms with Gasteiger partial charge in [0.2, 0.25) is 11.7 Å². The van der Waals surface area contributed by atoms with Crippen molar-refractivity contribution in [1.82, 2.24) is 0 Å². The van der Waals surface area contributed by atoms with Crippen molar-refractivity contribution in [3.05, 3.63) is 11.3 Å². The minimum atomic E-state index is -2.30. The first-order chi connectivity index (χ1) is 20.9. The summed E-state index contributed by atoms with van der Waals surface area (Å²) in [6, 6.07) is -2.08. The number of hydrogen-bond acceptors (Lipinski definition) is 14. The van der Waals surface area contributed by atoms with Gasteiger partial charge in [0.25, 0.3) is 0 Å². The zero-order valence-electron chi connectivity index (χ0n) is 26.6. The zero-order valence-corrected chi connectivity index (χ0v) is 26.6. The number of hydrogen-bond donors (Lipinski definition) is 4. The lowest BCUT2D eigenvalue weighted by Crippen LogP contribution is -2.79. The number of methoxy groups -OCH3 is 1. The fourth-order valence-corrected chi connectivity index (χ4v) is 8.90.